The maximum absolute atomic E-state index is 13.5. The Hall–Kier alpha value is -1.99. The van der Waals surface area contributed by atoms with Crippen molar-refractivity contribution in [2.24, 2.45) is 0 Å². The standard InChI is InChI=1S/C14H9BrClFN2O3/c15-8-3-4-10(17)9(6-8)14(21)22-7-12(20)19-11-2-1-5-18-13(11)16/h1-6H,7H2,(H,19,20). The second-order valence-electron chi connectivity index (χ2n) is 4.09. The number of carbonyl (C=O) groups is 2. The van der Waals surface area contributed by atoms with Crippen molar-refractivity contribution < 1.29 is 18.7 Å². The zero-order valence-electron chi connectivity index (χ0n) is 11.0. The van der Waals surface area contributed by atoms with Crippen molar-refractivity contribution in [2.75, 3.05) is 11.9 Å². The number of hydrogen-bond acceptors (Lipinski definition) is 4. The van der Waals surface area contributed by atoms with E-state index in [1.165, 1.54) is 18.3 Å². The second kappa shape index (κ2) is 7.33. The van der Waals surface area contributed by atoms with E-state index in [2.05, 4.69) is 26.2 Å². The van der Waals surface area contributed by atoms with Crippen LogP contribution >= 0.6 is 27.5 Å². The number of esters is 1. The molecule has 2 aromatic rings. The summed E-state index contributed by atoms with van der Waals surface area (Å²) in [5, 5.41) is 2.54. The molecule has 0 saturated carbocycles. The molecule has 1 N–H and O–H groups in total. The molecule has 0 saturated heterocycles. The third-order valence-electron chi connectivity index (χ3n) is 2.52. The van der Waals surface area contributed by atoms with Crippen LogP contribution in [0.15, 0.2) is 41.0 Å². The van der Waals surface area contributed by atoms with Crippen LogP contribution < -0.4 is 5.32 Å². The van der Waals surface area contributed by atoms with Crippen molar-refractivity contribution in [1.29, 1.82) is 0 Å². The minimum absolute atomic E-state index is 0.111. The van der Waals surface area contributed by atoms with Gasteiger partial charge in [-0.2, -0.15) is 0 Å². The van der Waals surface area contributed by atoms with Crippen LogP contribution in [-0.2, 0) is 9.53 Å². The first-order valence-electron chi connectivity index (χ1n) is 6.00. The Morgan fingerprint density at radius 3 is 2.86 bits per heavy atom. The molecule has 5 nitrogen and oxygen atoms in total. The molecule has 0 aliphatic heterocycles. The highest BCUT2D eigenvalue weighted by molar-refractivity contribution is 9.10. The highest BCUT2D eigenvalue weighted by Crippen LogP contribution is 2.18. The summed E-state index contributed by atoms with van der Waals surface area (Å²) in [7, 11) is 0. The van der Waals surface area contributed by atoms with Crippen LogP contribution in [-0.4, -0.2) is 23.5 Å². The fourth-order valence-corrected chi connectivity index (χ4v) is 2.06. The van der Waals surface area contributed by atoms with Crippen LogP contribution in [0.1, 0.15) is 10.4 Å². The quantitative estimate of drug-likeness (QED) is 0.645. The molecular weight excluding hydrogens is 379 g/mol. The van der Waals surface area contributed by atoms with E-state index in [0.29, 0.717) is 10.2 Å². The number of ether oxygens (including phenoxy) is 1. The number of benzene rings is 1. The predicted molar refractivity (Wildman–Crippen MR) is 82.3 cm³/mol. The van der Waals surface area contributed by atoms with Crippen molar-refractivity contribution >= 4 is 45.1 Å². The fourth-order valence-electron chi connectivity index (χ4n) is 1.53. The van der Waals surface area contributed by atoms with Gasteiger partial charge in [0.05, 0.1) is 11.3 Å². The van der Waals surface area contributed by atoms with Crippen molar-refractivity contribution in [3.05, 3.63) is 57.5 Å². The van der Waals surface area contributed by atoms with Crippen molar-refractivity contribution in [3.63, 3.8) is 0 Å². The molecule has 0 radical (unpaired) electrons. The van der Waals surface area contributed by atoms with Gasteiger partial charge in [-0.15, -0.1) is 0 Å². The minimum atomic E-state index is -0.939. The van der Waals surface area contributed by atoms with E-state index in [0.717, 1.165) is 6.07 Å². The van der Waals surface area contributed by atoms with E-state index in [1.54, 1.807) is 12.1 Å². The first-order valence-corrected chi connectivity index (χ1v) is 7.17. The van der Waals surface area contributed by atoms with Gasteiger partial charge in [-0.05, 0) is 30.3 Å². The molecule has 8 heteroatoms. The fraction of sp³-hybridized carbons (Fsp3) is 0.0714. The third-order valence-corrected chi connectivity index (χ3v) is 3.31. The predicted octanol–water partition coefficient (Wildman–Crippen LogP) is 3.43. The second-order valence-corrected chi connectivity index (χ2v) is 5.36. The molecule has 2 rings (SSSR count). The van der Waals surface area contributed by atoms with Gasteiger partial charge in [-0.1, -0.05) is 27.5 Å². The molecule has 0 fully saturated rings. The number of anilines is 1. The Labute approximate surface area is 138 Å². The number of amides is 1. The summed E-state index contributed by atoms with van der Waals surface area (Å²) in [6.07, 6.45) is 1.47. The molecule has 1 aromatic carbocycles. The van der Waals surface area contributed by atoms with Gasteiger partial charge in [0, 0.05) is 10.7 Å². The van der Waals surface area contributed by atoms with E-state index in [9.17, 15) is 14.0 Å². The average molecular weight is 388 g/mol. The Kier molecular flexibility index (Phi) is 5.46. The zero-order chi connectivity index (χ0) is 16.1. The SMILES string of the molecule is O=C(COC(=O)c1cc(Br)ccc1F)Nc1cccnc1Cl. The molecule has 0 unspecified atom stereocenters. The van der Waals surface area contributed by atoms with Crippen LogP contribution in [0, 0.1) is 5.82 Å². The number of rotatable bonds is 4. The molecule has 0 aliphatic rings. The van der Waals surface area contributed by atoms with Gasteiger partial charge in [0.15, 0.2) is 11.8 Å². The lowest BCUT2D eigenvalue weighted by atomic mass is 10.2. The molecule has 1 aromatic heterocycles. The van der Waals surface area contributed by atoms with Crippen LogP contribution in [0.25, 0.3) is 0 Å². The normalized spacial score (nSPS) is 10.1. The number of carbonyl (C=O) groups excluding carboxylic acids is 2. The summed E-state index contributed by atoms with van der Waals surface area (Å²) < 4.78 is 18.8. The lowest BCUT2D eigenvalue weighted by Crippen LogP contribution is -2.21. The number of nitrogens with one attached hydrogen (secondary N) is 1. The number of pyridine rings is 1. The average Bonchev–Trinajstić information content (AvgIpc) is 2.49. The summed E-state index contributed by atoms with van der Waals surface area (Å²) in [6, 6.07) is 6.97. The van der Waals surface area contributed by atoms with Gasteiger partial charge in [0.2, 0.25) is 0 Å². The first kappa shape index (κ1) is 16.4. The van der Waals surface area contributed by atoms with Gasteiger partial charge in [0.1, 0.15) is 5.82 Å². The van der Waals surface area contributed by atoms with Crippen molar-refractivity contribution in [3.8, 4) is 0 Å². The summed E-state index contributed by atoms with van der Waals surface area (Å²) in [5.74, 6) is -2.28. The smallest absolute Gasteiger partial charge is 0.341 e. The maximum atomic E-state index is 13.5. The van der Waals surface area contributed by atoms with E-state index >= 15 is 0 Å². The molecule has 0 atom stereocenters. The van der Waals surface area contributed by atoms with Gasteiger partial charge in [-0.25, -0.2) is 14.2 Å². The van der Waals surface area contributed by atoms with Crippen LogP contribution in [0.2, 0.25) is 5.15 Å². The van der Waals surface area contributed by atoms with Crippen LogP contribution in [0.5, 0.6) is 0 Å². The Bertz CT molecular complexity index is 727. The third kappa shape index (κ3) is 4.25. The highest BCUT2D eigenvalue weighted by Gasteiger charge is 2.15. The summed E-state index contributed by atoms with van der Waals surface area (Å²) >= 11 is 8.90. The van der Waals surface area contributed by atoms with Crippen LogP contribution in [0.4, 0.5) is 10.1 Å². The van der Waals surface area contributed by atoms with Gasteiger partial charge >= 0.3 is 5.97 Å². The Morgan fingerprint density at radius 2 is 2.14 bits per heavy atom. The van der Waals surface area contributed by atoms with Gasteiger partial charge in [-0.3, -0.25) is 4.79 Å². The topological polar surface area (TPSA) is 68.3 Å². The molecule has 114 valence electrons. The molecular formula is C14H9BrClFN2O3. The lowest BCUT2D eigenvalue weighted by Gasteiger charge is -2.08. The summed E-state index contributed by atoms with van der Waals surface area (Å²) in [4.78, 5) is 27.2. The Morgan fingerprint density at radius 1 is 1.36 bits per heavy atom. The number of aromatic nitrogens is 1. The van der Waals surface area contributed by atoms with E-state index in [-0.39, 0.29) is 10.7 Å². The lowest BCUT2D eigenvalue weighted by molar-refractivity contribution is -0.119. The van der Waals surface area contributed by atoms with Gasteiger partial charge in [0.25, 0.3) is 5.91 Å². The molecule has 1 heterocycles. The maximum Gasteiger partial charge on any atom is 0.341 e. The molecule has 0 aliphatic carbocycles. The molecule has 0 bridgehead atoms. The molecule has 22 heavy (non-hydrogen) atoms. The number of nitrogens with zero attached hydrogens (tertiary/aromatic N) is 1. The monoisotopic (exact) mass is 386 g/mol. The Balaban J connectivity index is 1.95. The van der Waals surface area contributed by atoms with E-state index in [4.69, 9.17) is 16.3 Å². The highest BCUT2D eigenvalue weighted by atomic mass is 79.9. The van der Waals surface area contributed by atoms with E-state index in [1.807, 2.05) is 0 Å². The van der Waals surface area contributed by atoms with Gasteiger partial charge < -0.3 is 10.1 Å². The molecule has 1 amide bonds. The summed E-state index contributed by atoms with van der Waals surface area (Å²) in [5.41, 5.74) is 0.0282. The summed E-state index contributed by atoms with van der Waals surface area (Å²) in [6.45, 7) is -0.573. The number of halogens is 3. The minimum Gasteiger partial charge on any atom is -0.452 e. The van der Waals surface area contributed by atoms with Crippen molar-refractivity contribution in [2.45, 2.75) is 0 Å². The van der Waals surface area contributed by atoms with Crippen LogP contribution in [0.3, 0.4) is 0 Å². The zero-order valence-corrected chi connectivity index (χ0v) is 13.3. The first-order chi connectivity index (χ1) is 10.5. The number of hydrogen-bond donors (Lipinski definition) is 1. The van der Waals surface area contributed by atoms with E-state index < -0.39 is 24.3 Å². The van der Waals surface area contributed by atoms with Crippen molar-refractivity contribution in [1.82, 2.24) is 4.98 Å². The largest absolute Gasteiger partial charge is 0.452 e. The molecule has 0 spiro atoms.